The van der Waals surface area contributed by atoms with Gasteiger partial charge in [-0.1, -0.05) is 91.3 Å². The minimum atomic E-state index is -3.83. The molecule has 7 rings (SSSR count). The molecule has 3 aliphatic carbocycles. The maximum Gasteiger partial charge on any atom is 0.296 e. The molecule has 0 spiro atoms. The molecule has 0 aromatic heterocycles. The van der Waals surface area contributed by atoms with Crippen LogP contribution >= 0.6 is 0 Å². The fraction of sp³-hybridized carbons (Fsp3) is 0.415. The summed E-state index contributed by atoms with van der Waals surface area (Å²) in [6, 6.07) is 34.3. The van der Waals surface area contributed by atoms with Gasteiger partial charge in [0.1, 0.15) is 12.4 Å². The van der Waals surface area contributed by atoms with E-state index in [9.17, 15) is 8.42 Å². The predicted octanol–water partition coefficient (Wildman–Crippen LogP) is 9.04. The maximum absolute atomic E-state index is 13.1. The first-order chi connectivity index (χ1) is 22.8. The summed E-state index contributed by atoms with van der Waals surface area (Å²) in [5.41, 5.74) is 6.19. The van der Waals surface area contributed by atoms with Gasteiger partial charge in [0.15, 0.2) is 0 Å². The highest BCUT2D eigenvalue weighted by Crippen LogP contribution is 2.64. The fourth-order valence-electron chi connectivity index (χ4n) is 9.06. The van der Waals surface area contributed by atoms with Crippen LogP contribution < -0.4 is 4.74 Å². The first-order valence-corrected chi connectivity index (χ1v) is 18.6. The molecule has 6 heteroatoms. The van der Waals surface area contributed by atoms with E-state index >= 15 is 0 Å². The van der Waals surface area contributed by atoms with Crippen LogP contribution in [0.1, 0.15) is 72.8 Å². The number of benzene rings is 4. The van der Waals surface area contributed by atoms with Crippen LogP contribution in [-0.2, 0) is 38.7 Å². The van der Waals surface area contributed by atoms with E-state index in [0.717, 1.165) is 42.6 Å². The van der Waals surface area contributed by atoms with E-state index in [2.05, 4.69) is 61.5 Å². The second kappa shape index (κ2) is 13.6. The standard InChI is InChI=1S/C41H46O5S/c1-29-13-17-35(18-14-29)47(42,43)46-24-23-33-26-41(2)38(21-22-39(41)45-28-31-11-7-4-8-12-31)37-19-15-32-25-34(16-20-36(32)40(33)37)44-27-30-9-5-3-6-10-30/h3-14,16-18,20,25,33,37-40H,15,19,21-24,26-28H2,1-2H3/t33-,37-,38-,39?,40+,41-/m0/s1. The zero-order valence-electron chi connectivity index (χ0n) is 27.5. The number of hydrogen-bond acceptors (Lipinski definition) is 5. The van der Waals surface area contributed by atoms with Gasteiger partial charge in [-0.25, -0.2) is 0 Å². The molecule has 0 bridgehead atoms. The van der Waals surface area contributed by atoms with E-state index in [1.54, 1.807) is 12.1 Å². The third-order valence-corrected chi connectivity index (χ3v) is 12.6. The van der Waals surface area contributed by atoms with Crippen molar-refractivity contribution in [1.29, 1.82) is 0 Å². The summed E-state index contributed by atoms with van der Waals surface area (Å²) in [6.07, 6.45) is 6.28. The zero-order chi connectivity index (χ0) is 32.4. The van der Waals surface area contributed by atoms with Gasteiger partial charge >= 0.3 is 0 Å². The molecule has 5 nitrogen and oxygen atoms in total. The van der Waals surface area contributed by atoms with E-state index in [-0.39, 0.29) is 28.9 Å². The molecule has 0 amide bonds. The summed E-state index contributed by atoms with van der Waals surface area (Å²) >= 11 is 0. The fourth-order valence-corrected chi connectivity index (χ4v) is 9.98. The lowest BCUT2D eigenvalue weighted by Crippen LogP contribution is -2.48. The molecule has 0 saturated heterocycles. The van der Waals surface area contributed by atoms with Gasteiger partial charge in [0, 0.05) is 0 Å². The first kappa shape index (κ1) is 32.1. The van der Waals surface area contributed by atoms with Crippen molar-refractivity contribution < 1.29 is 22.1 Å². The van der Waals surface area contributed by atoms with E-state index in [4.69, 9.17) is 13.7 Å². The van der Waals surface area contributed by atoms with Crippen LogP contribution in [-0.4, -0.2) is 21.1 Å². The Labute approximate surface area is 280 Å². The molecular weight excluding hydrogens is 605 g/mol. The summed E-state index contributed by atoms with van der Waals surface area (Å²) in [5.74, 6) is 2.65. The molecule has 2 fully saturated rings. The van der Waals surface area contributed by atoms with E-state index in [1.165, 1.54) is 23.1 Å². The highest BCUT2D eigenvalue weighted by molar-refractivity contribution is 7.86. The molecule has 3 aliphatic rings. The second-order valence-corrected chi connectivity index (χ2v) is 15.8. The number of rotatable bonds is 11. The molecule has 4 aromatic rings. The van der Waals surface area contributed by atoms with Crippen molar-refractivity contribution in [3.63, 3.8) is 0 Å². The van der Waals surface area contributed by atoms with Crippen molar-refractivity contribution in [2.45, 2.75) is 82.5 Å². The Morgan fingerprint density at radius 3 is 2.23 bits per heavy atom. The van der Waals surface area contributed by atoms with Crippen LogP contribution in [0.5, 0.6) is 5.75 Å². The van der Waals surface area contributed by atoms with Crippen molar-refractivity contribution in [1.82, 2.24) is 0 Å². The molecular formula is C41H46O5S. The Kier molecular flexibility index (Phi) is 9.28. The average Bonchev–Trinajstić information content (AvgIpc) is 3.42. The first-order valence-electron chi connectivity index (χ1n) is 17.2. The summed E-state index contributed by atoms with van der Waals surface area (Å²) in [5, 5.41) is 0. The van der Waals surface area contributed by atoms with Gasteiger partial charge in [-0.15, -0.1) is 0 Å². The van der Waals surface area contributed by atoms with Gasteiger partial charge in [-0.2, -0.15) is 8.42 Å². The summed E-state index contributed by atoms with van der Waals surface area (Å²) in [4.78, 5) is 0.216. The smallest absolute Gasteiger partial charge is 0.296 e. The van der Waals surface area contributed by atoms with Gasteiger partial charge in [0.25, 0.3) is 10.1 Å². The normalized spacial score (nSPS) is 26.6. The maximum atomic E-state index is 13.1. The van der Waals surface area contributed by atoms with Crippen LogP contribution in [0, 0.1) is 30.1 Å². The van der Waals surface area contributed by atoms with E-state index in [1.807, 2.05) is 43.3 Å². The highest BCUT2D eigenvalue weighted by atomic mass is 32.2. The Bertz CT molecular complexity index is 1760. The Balaban J connectivity index is 1.13. The van der Waals surface area contributed by atoms with Gasteiger partial charge < -0.3 is 9.47 Å². The molecule has 4 aromatic carbocycles. The van der Waals surface area contributed by atoms with Crippen molar-refractivity contribution >= 4 is 10.1 Å². The minimum absolute atomic E-state index is 0.0344. The number of ether oxygens (including phenoxy) is 2. The topological polar surface area (TPSA) is 61.8 Å². The number of hydrogen-bond donors (Lipinski definition) is 0. The second-order valence-electron chi connectivity index (χ2n) is 14.2. The summed E-state index contributed by atoms with van der Waals surface area (Å²) in [6.45, 7) is 5.74. The third kappa shape index (κ3) is 6.78. The lowest BCUT2D eigenvalue weighted by Gasteiger charge is -2.54. The molecule has 1 unspecified atom stereocenters. The Morgan fingerprint density at radius 2 is 1.51 bits per heavy atom. The molecule has 2 saturated carbocycles. The van der Waals surface area contributed by atoms with Gasteiger partial charge in [-0.3, -0.25) is 4.18 Å². The quantitative estimate of drug-likeness (QED) is 0.152. The Morgan fingerprint density at radius 1 is 0.809 bits per heavy atom. The minimum Gasteiger partial charge on any atom is -0.489 e. The molecule has 246 valence electrons. The van der Waals surface area contributed by atoms with Crippen LogP contribution in [0.25, 0.3) is 0 Å². The third-order valence-electron chi connectivity index (χ3n) is 11.3. The molecule has 0 aliphatic heterocycles. The van der Waals surface area contributed by atoms with Gasteiger partial charge in [0.2, 0.25) is 0 Å². The predicted molar refractivity (Wildman–Crippen MR) is 185 cm³/mol. The zero-order valence-corrected chi connectivity index (χ0v) is 28.3. The molecule has 6 atom stereocenters. The van der Waals surface area contributed by atoms with Crippen molar-refractivity contribution in [2.24, 2.45) is 23.2 Å². The SMILES string of the molecule is Cc1ccc(S(=O)(=O)OCC[C@H]2C[C@]3(C)C(OCc4ccccc4)CC[C@H]3[C@@H]3CCc4cc(OCc5ccccc5)ccc4[C@@H]23)cc1. The van der Waals surface area contributed by atoms with E-state index < -0.39 is 10.1 Å². The Hall–Kier alpha value is -3.45. The lowest BCUT2D eigenvalue weighted by molar-refractivity contribution is -0.0885. The lowest BCUT2D eigenvalue weighted by atomic mass is 9.51. The van der Waals surface area contributed by atoms with E-state index in [0.29, 0.717) is 37.4 Å². The monoisotopic (exact) mass is 650 g/mol. The van der Waals surface area contributed by atoms with Crippen molar-refractivity contribution in [3.8, 4) is 5.75 Å². The van der Waals surface area contributed by atoms with Gasteiger partial charge in [0.05, 0.1) is 24.2 Å². The van der Waals surface area contributed by atoms with Crippen LogP contribution in [0.15, 0.2) is 108 Å². The summed E-state index contributed by atoms with van der Waals surface area (Å²) in [7, 11) is -3.83. The number of aryl methyl sites for hydroxylation is 2. The van der Waals surface area contributed by atoms with Gasteiger partial charge in [-0.05, 0) is 121 Å². The van der Waals surface area contributed by atoms with Crippen LogP contribution in [0.4, 0.5) is 0 Å². The molecule has 0 N–H and O–H groups in total. The molecule has 0 heterocycles. The molecule has 47 heavy (non-hydrogen) atoms. The van der Waals surface area contributed by atoms with Crippen molar-refractivity contribution in [2.75, 3.05) is 6.61 Å². The molecule has 0 radical (unpaired) electrons. The van der Waals surface area contributed by atoms with Crippen LogP contribution in [0.3, 0.4) is 0 Å². The number of fused-ring (bicyclic) bond motifs is 5. The largest absolute Gasteiger partial charge is 0.489 e. The summed E-state index contributed by atoms with van der Waals surface area (Å²) < 4.78 is 44.9. The average molecular weight is 651 g/mol. The van der Waals surface area contributed by atoms with Crippen LogP contribution in [0.2, 0.25) is 0 Å². The highest BCUT2D eigenvalue weighted by Gasteiger charge is 2.58. The van der Waals surface area contributed by atoms with Crippen molar-refractivity contribution in [3.05, 3.63) is 131 Å².